The van der Waals surface area contributed by atoms with Gasteiger partial charge in [-0.15, -0.1) is 0 Å². The van der Waals surface area contributed by atoms with E-state index >= 15 is 0 Å². The number of nitrogens with one attached hydrogen (secondary N) is 2. The van der Waals surface area contributed by atoms with Crippen molar-refractivity contribution in [3.05, 3.63) is 0 Å². The second-order valence-corrected chi connectivity index (χ2v) is 7.70. The minimum absolute atomic E-state index is 0.0459. The van der Waals surface area contributed by atoms with Crippen LogP contribution in [-0.4, -0.2) is 59.8 Å². The standard InChI is InChI=1S/C18H40N2O3/c1-7-15(21)13-19-11-9-18(5,6)23-12-10-17(3,4)20-14-16(22)8-2/h15-16,19-22H,7-14H2,1-6H3. The molecule has 0 aromatic rings. The van der Waals surface area contributed by atoms with Gasteiger partial charge >= 0.3 is 0 Å². The van der Waals surface area contributed by atoms with E-state index in [9.17, 15) is 10.2 Å². The second kappa shape index (κ2) is 11.4. The summed E-state index contributed by atoms with van der Waals surface area (Å²) in [6, 6.07) is 0. The minimum atomic E-state index is -0.281. The molecule has 0 saturated heterocycles. The van der Waals surface area contributed by atoms with Crippen LogP contribution in [0, 0.1) is 0 Å². The number of β-amino-alcohol motifs (C(OH)–C–C–N with tert-alkyl or cyclic N) is 1. The molecule has 0 heterocycles. The molecular formula is C18H40N2O3. The van der Waals surface area contributed by atoms with Crippen LogP contribution in [0.3, 0.4) is 0 Å². The smallest absolute Gasteiger partial charge is 0.0662 e. The molecule has 0 bridgehead atoms. The van der Waals surface area contributed by atoms with Gasteiger partial charge in [-0.2, -0.15) is 0 Å². The molecule has 140 valence electrons. The van der Waals surface area contributed by atoms with Gasteiger partial charge in [0.25, 0.3) is 0 Å². The highest BCUT2D eigenvalue weighted by molar-refractivity contribution is 4.79. The highest BCUT2D eigenvalue weighted by Gasteiger charge is 2.22. The summed E-state index contributed by atoms with van der Waals surface area (Å²) in [5.74, 6) is 0. The first kappa shape index (κ1) is 22.8. The second-order valence-electron chi connectivity index (χ2n) is 7.70. The van der Waals surface area contributed by atoms with Crippen LogP contribution in [0.15, 0.2) is 0 Å². The number of aliphatic hydroxyl groups excluding tert-OH is 2. The van der Waals surface area contributed by atoms with Crippen molar-refractivity contribution in [3.63, 3.8) is 0 Å². The summed E-state index contributed by atoms with van der Waals surface area (Å²) in [5.41, 5.74) is -0.223. The van der Waals surface area contributed by atoms with Crippen LogP contribution in [0.4, 0.5) is 0 Å². The molecule has 2 unspecified atom stereocenters. The quantitative estimate of drug-likeness (QED) is 0.367. The molecule has 0 aliphatic heterocycles. The summed E-state index contributed by atoms with van der Waals surface area (Å²) >= 11 is 0. The molecule has 0 aromatic carbocycles. The van der Waals surface area contributed by atoms with Gasteiger partial charge in [0, 0.05) is 25.2 Å². The molecule has 0 spiro atoms. The molecule has 23 heavy (non-hydrogen) atoms. The Hall–Kier alpha value is -0.200. The van der Waals surface area contributed by atoms with Gasteiger partial charge in [0.05, 0.1) is 17.8 Å². The molecule has 0 amide bonds. The Morgan fingerprint density at radius 2 is 1.48 bits per heavy atom. The van der Waals surface area contributed by atoms with Crippen molar-refractivity contribution >= 4 is 0 Å². The molecule has 0 aliphatic rings. The van der Waals surface area contributed by atoms with Crippen molar-refractivity contribution in [1.82, 2.24) is 10.6 Å². The lowest BCUT2D eigenvalue weighted by Gasteiger charge is -2.31. The van der Waals surface area contributed by atoms with Gasteiger partial charge in [0.15, 0.2) is 0 Å². The summed E-state index contributed by atoms with van der Waals surface area (Å²) in [4.78, 5) is 0. The summed E-state index contributed by atoms with van der Waals surface area (Å²) < 4.78 is 6.03. The van der Waals surface area contributed by atoms with E-state index in [0.717, 1.165) is 32.2 Å². The Balaban J connectivity index is 3.90. The van der Waals surface area contributed by atoms with E-state index in [2.05, 4.69) is 38.3 Å². The van der Waals surface area contributed by atoms with Crippen LogP contribution < -0.4 is 10.6 Å². The molecule has 0 rings (SSSR count). The summed E-state index contributed by atoms with van der Waals surface area (Å²) in [7, 11) is 0. The first-order valence-corrected chi connectivity index (χ1v) is 9.07. The lowest BCUT2D eigenvalue weighted by atomic mass is 10.00. The molecule has 0 aromatic heterocycles. The van der Waals surface area contributed by atoms with Crippen molar-refractivity contribution in [2.24, 2.45) is 0 Å². The third kappa shape index (κ3) is 12.8. The normalized spacial score (nSPS) is 15.7. The molecule has 2 atom stereocenters. The molecule has 0 aliphatic carbocycles. The topological polar surface area (TPSA) is 73.8 Å². The SMILES string of the molecule is CCC(O)CNCCC(C)(C)OCCC(C)(C)NCC(O)CC. The summed E-state index contributed by atoms with van der Waals surface area (Å²) in [6.07, 6.45) is 2.81. The predicted octanol–water partition coefficient (Wildman–Crippen LogP) is 2.06. The first-order valence-electron chi connectivity index (χ1n) is 9.07. The molecule has 0 saturated carbocycles. The fourth-order valence-electron chi connectivity index (χ4n) is 2.08. The zero-order chi connectivity index (χ0) is 17.9. The van der Waals surface area contributed by atoms with Crippen molar-refractivity contribution in [2.75, 3.05) is 26.2 Å². The van der Waals surface area contributed by atoms with Gasteiger partial charge in [-0.05, 0) is 59.9 Å². The number of ether oxygens (including phenoxy) is 1. The number of hydrogen-bond acceptors (Lipinski definition) is 5. The minimum Gasteiger partial charge on any atom is -0.392 e. The molecule has 0 radical (unpaired) electrons. The van der Waals surface area contributed by atoms with Gasteiger partial charge in [0.1, 0.15) is 0 Å². The lowest BCUT2D eigenvalue weighted by Crippen LogP contribution is -2.44. The predicted molar refractivity (Wildman–Crippen MR) is 96.8 cm³/mol. The Labute approximate surface area is 143 Å². The summed E-state index contributed by atoms with van der Waals surface area (Å²) in [5, 5.41) is 25.8. The van der Waals surface area contributed by atoms with Crippen molar-refractivity contribution in [2.45, 2.75) is 90.6 Å². The van der Waals surface area contributed by atoms with Gasteiger partial charge in [-0.3, -0.25) is 0 Å². The zero-order valence-corrected chi connectivity index (χ0v) is 16.1. The fourth-order valence-corrected chi connectivity index (χ4v) is 2.08. The van der Waals surface area contributed by atoms with Gasteiger partial charge in [-0.1, -0.05) is 13.8 Å². The average molecular weight is 333 g/mol. The third-order valence-electron chi connectivity index (χ3n) is 4.26. The number of rotatable bonds is 14. The monoisotopic (exact) mass is 332 g/mol. The average Bonchev–Trinajstić information content (AvgIpc) is 2.48. The highest BCUT2D eigenvalue weighted by Crippen LogP contribution is 2.17. The Bertz CT molecular complexity index is 296. The van der Waals surface area contributed by atoms with Crippen LogP contribution in [-0.2, 0) is 4.74 Å². The van der Waals surface area contributed by atoms with E-state index in [1.54, 1.807) is 0 Å². The maximum atomic E-state index is 9.63. The third-order valence-corrected chi connectivity index (χ3v) is 4.26. The van der Waals surface area contributed by atoms with Gasteiger partial charge in [0.2, 0.25) is 0 Å². The maximum absolute atomic E-state index is 9.63. The van der Waals surface area contributed by atoms with Crippen molar-refractivity contribution in [3.8, 4) is 0 Å². The first-order chi connectivity index (χ1) is 10.6. The van der Waals surface area contributed by atoms with E-state index in [-0.39, 0.29) is 23.3 Å². The molecule has 5 heteroatoms. The zero-order valence-electron chi connectivity index (χ0n) is 16.1. The molecular weight excluding hydrogens is 292 g/mol. The fraction of sp³-hybridized carbons (Fsp3) is 1.00. The highest BCUT2D eigenvalue weighted by atomic mass is 16.5. The van der Waals surface area contributed by atoms with E-state index in [4.69, 9.17) is 4.74 Å². The lowest BCUT2D eigenvalue weighted by molar-refractivity contribution is -0.0311. The van der Waals surface area contributed by atoms with Crippen LogP contribution in [0.5, 0.6) is 0 Å². The van der Waals surface area contributed by atoms with E-state index in [1.165, 1.54) is 0 Å². The van der Waals surface area contributed by atoms with Crippen molar-refractivity contribution in [1.29, 1.82) is 0 Å². The Morgan fingerprint density at radius 3 is 2.04 bits per heavy atom. The van der Waals surface area contributed by atoms with E-state index < -0.39 is 0 Å². The van der Waals surface area contributed by atoms with Crippen LogP contribution in [0.1, 0.15) is 67.2 Å². The van der Waals surface area contributed by atoms with Gasteiger partial charge in [-0.25, -0.2) is 0 Å². The molecule has 0 fully saturated rings. The number of aliphatic hydroxyl groups is 2. The molecule has 5 nitrogen and oxygen atoms in total. The molecule has 4 N–H and O–H groups in total. The Kier molecular flexibility index (Phi) is 11.3. The Morgan fingerprint density at radius 1 is 0.913 bits per heavy atom. The van der Waals surface area contributed by atoms with Gasteiger partial charge < -0.3 is 25.6 Å². The number of hydrogen-bond donors (Lipinski definition) is 4. The van der Waals surface area contributed by atoms with Crippen LogP contribution >= 0.6 is 0 Å². The van der Waals surface area contributed by atoms with Crippen LogP contribution in [0.2, 0.25) is 0 Å². The van der Waals surface area contributed by atoms with Crippen molar-refractivity contribution < 1.29 is 14.9 Å². The van der Waals surface area contributed by atoms with E-state index in [1.807, 2.05) is 13.8 Å². The summed E-state index contributed by atoms with van der Waals surface area (Å²) in [6.45, 7) is 15.2. The van der Waals surface area contributed by atoms with E-state index in [0.29, 0.717) is 19.7 Å². The largest absolute Gasteiger partial charge is 0.392 e. The van der Waals surface area contributed by atoms with Crippen LogP contribution in [0.25, 0.3) is 0 Å². The maximum Gasteiger partial charge on any atom is 0.0662 e.